The van der Waals surface area contributed by atoms with Crippen molar-refractivity contribution in [3.8, 4) is 0 Å². The third-order valence-corrected chi connectivity index (χ3v) is 3.90. The van der Waals surface area contributed by atoms with Gasteiger partial charge in [-0.05, 0) is 18.4 Å². The normalized spacial score (nSPS) is 17.1. The quantitative estimate of drug-likeness (QED) is 0.922. The first-order valence-electron chi connectivity index (χ1n) is 6.75. The van der Waals surface area contributed by atoms with Crippen molar-refractivity contribution in [2.45, 2.75) is 19.4 Å². The Morgan fingerprint density at radius 1 is 1.30 bits per heavy atom. The molecule has 0 aliphatic carbocycles. The smallest absolute Gasteiger partial charge is 0.230 e. The van der Waals surface area contributed by atoms with Gasteiger partial charge in [-0.3, -0.25) is 4.79 Å². The van der Waals surface area contributed by atoms with Crippen molar-refractivity contribution < 1.29 is 9.53 Å². The molecule has 1 saturated heterocycles. The van der Waals surface area contributed by atoms with Crippen LogP contribution in [0.3, 0.4) is 0 Å². The number of benzene rings is 1. The van der Waals surface area contributed by atoms with Crippen molar-refractivity contribution in [1.29, 1.82) is 0 Å². The van der Waals surface area contributed by atoms with E-state index in [9.17, 15) is 4.79 Å². The molecule has 1 heterocycles. The van der Waals surface area contributed by atoms with Crippen LogP contribution in [-0.2, 0) is 16.1 Å². The van der Waals surface area contributed by atoms with Gasteiger partial charge in [0.1, 0.15) is 0 Å². The van der Waals surface area contributed by atoms with Crippen LogP contribution in [0.25, 0.3) is 0 Å². The summed E-state index contributed by atoms with van der Waals surface area (Å²) >= 11 is 0. The first-order valence-corrected chi connectivity index (χ1v) is 6.75. The summed E-state index contributed by atoms with van der Waals surface area (Å²) in [4.78, 5) is 14.4. The molecule has 0 bridgehead atoms. The Hall–Kier alpha value is -1.10. The van der Waals surface area contributed by atoms with Crippen LogP contribution in [0.5, 0.6) is 0 Å². The topological polar surface area (TPSA) is 55.6 Å². The average molecular weight is 299 g/mol. The van der Waals surface area contributed by atoms with E-state index in [-0.39, 0.29) is 18.3 Å². The second kappa shape index (κ2) is 7.62. The third kappa shape index (κ3) is 3.72. The number of hydrogen-bond donors (Lipinski definition) is 1. The van der Waals surface area contributed by atoms with Crippen LogP contribution in [0.1, 0.15) is 18.4 Å². The van der Waals surface area contributed by atoms with E-state index in [0.29, 0.717) is 26.3 Å². The number of amides is 1. The van der Waals surface area contributed by atoms with Crippen LogP contribution in [-0.4, -0.2) is 37.6 Å². The molecular formula is C15H23ClN2O2. The second-order valence-electron chi connectivity index (χ2n) is 5.24. The second-order valence-corrected chi connectivity index (χ2v) is 5.24. The number of nitrogens with two attached hydrogens (primary N) is 1. The standard InChI is InChI=1S/C15H22N2O2.ClH/c1-17(11-13-5-3-2-4-6-13)14(18)15(12-16)7-9-19-10-8-15;/h2-6H,7-12,16H2,1H3;1H. The Balaban J connectivity index is 0.00000200. The predicted molar refractivity (Wildman–Crippen MR) is 81.7 cm³/mol. The molecule has 0 saturated carbocycles. The van der Waals surface area contributed by atoms with Crippen LogP contribution in [0.2, 0.25) is 0 Å². The highest BCUT2D eigenvalue weighted by molar-refractivity contribution is 5.85. The highest BCUT2D eigenvalue weighted by Gasteiger charge is 2.40. The molecule has 2 rings (SSSR count). The van der Waals surface area contributed by atoms with Crippen molar-refractivity contribution in [3.63, 3.8) is 0 Å². The molecule has 112 valence electrons. The summed E-state index contributed by atoms with van der Waals surface area (Å²) in [6.07, 6.45) is 1.45. The van der Waals surface area contributed by atoms with Crippen LogP contribution in [0, 0.1) is 5.41 Å². The summed E-state index contributed by atoms with van der Waals surface area (Å²) in [6.45, 7) is 2.28. The fourth-order valence-corrected chi connectivity index (χ4v) is 2.60. The van der Waals surface area contributed by atoms with E-state index >= 15 is 0 Å². The van der Waals surface area contributed by atoms with E-state index in [2.05, 4.69) is 0 Å². The van der Waals surface area contributed by atoms with Gasteiger partial charge < -0.3 is 15.4 Å². The monoisotopic (exact) mass is 298 g/mol. The minimum absolute atomic E-state index is 0. The van der Waals surface area contributed by atoms with E-state index in [1.54, 1.807) is 4.90 Å². The molecule has 0 spiro atoms. The van der Waals surface area contributed by atoms with Crippen LogP contribution in [0.4, 0.5) is 0 Å². The fourth-order valence-electron chi connectivity index (χ4n) is 2.60. The molecule has 1 aromatic carbocycles. The molecule has 4 nitrogen and oxygen atoms in total. The molecule has 1 amide bonds. The molecule has 1 aromatic rings. The van der Waals surface area contributed by atoms with Crippen molar-refractivity contribution in [2.75, 3.05) is 26.8 Å². The van der Waals surface area contributed by atoms with E-state index in [1.165, 1.54) is 0 Å². The van der Waals surface area contributed by atoms with Gasteiger partial charge in [-0.1, -0.05) is 30.3 Å². The number of nitrogens with zero attached hydrogens (tertiary/aromatic N) is 1. The van der Waals surface area contributed by atoms with Gasteiger partial charge in [0.2, 0.25) is 5.91 Å². The molecule has 0 unspecified atom stereocenters. The summed E-state index contributed by atoms with van der Waals surface area (Å²) in [5, 5.41) is 0. The van der Waals surface area contributed by atoms with Gasteiger partial charge in [0.05, 0.1) is 5.41 Å². The summed E-state index contributed by atoms with van der Waals surface area (Å²) in [6, 6.07) is 10.0. The lowest BCUT2D eigenvalue weighted by molar-refractivity contribution is -0.146. The van der Waals surface area contributed by atoms with E-state index in [1.807, 2.05) is 37.4 Å². The fraction of sp³-hybridized carbons (Fsp3) is 0.533. The molecule has 0 aromatic heterocycles. The minimum Gasteiger partial charge on any atom is -0.381 e. The lowest BCUT2D eigenvalue weighted by Crippen LogP contribution is -2.49. The third-order valence-electron chi connectivity index (χ3n) is 3.90. The average Bonchev–Trinajstić information content (AvgIpc) is 2.48. The van der Waals surface area contributed by atoms with Gasteiger partial charge in [0.15, 0.2) is 0 Å². The zero-order valence-corrected chi connectivity index (χ0v) is 12.7. The van der Waals surface area contributed by atoms with Crippen LogP contribution >= 0.6 is 12.4 Å². The number of ether oxygens (including phenoxy) is 1. The molecule has 2 N–H and O–H groups in total. The molecular weight excluding hydrogens is 276 g/mol. The molecule has 1 aliphatic rings. The molecule has 0 atom stereocenters. The Labute approximate surface area is 126 Å². The summed E-state index contributed by atoms with van der Waals surface area (Å²) in [5.74, 6) is 0.141. The van der Waals surface area contributed by atoms with Gasteiger partial charge >= 0.3 is 0 Å². The van der Waals surface area contributed by atoms with Crippen LogP contribution < -0.4 is 5.73 Å². The Bertz CT molecular complexity index is 419. The van der Waals surface area contributed by atoms with E-state index in [0.717, 1.165) is 18.4 Å². The van der Waals surface area contributed by atoms with Gasteiger partial charge in [-0.25, -0.2) is 0 Å². The van der Waals surface area contributed by atoms with Gasteiger partial charge in [0.25, 0.3) is 0 Å². The number of rotatable bonds is 4. The highest BCUT2D eigenvalue weighted by Crippen LogP contribution is 2.31. The highest BCUT2D eigenvalue weighted by atomic mass is 35.5. The molecule has 1 fully saturated rings. The zero-order valence-electron chi connectivity index (χ0n) is 11.9. The maximum atomic E-state index is 12.6. The van der Waals surface area contributed by atoms with E-state index < -0.39 is 5.41 Å². The van der Waals surface area contributed by atoms with Gasteiger partial charge in [-0.15, -0.1) is 12.4 Å². The number of hydrogen-bond acceptors (Lipinski definition) is 3. The molecule has 20 heavy (non-hydrogen) atoms. The molecule has 5 heteroatoms. The van der Waals surface area contributed by atoms with E-state index in [4.69, 9.17) is 10.5 Å². The first kappa shape index (κ1) is 17.0. The Morgan fingerprint density at radius 2 is 1.90 bits per heavy atom. The van der Waals surface area contributed by atoms with Crippen molar-refractivity contribution in [2.24, 2.45) is 11.1 Å². The zero-order chi connectivity index (χ0) is 13.7. The van der Waals surface area contributed by atoms with Crippen LogP contribution in [0.15, 0.2) is 30.3 Å². The van der Waals surface area contributed by atoms with Gasteiger partial charge in [-0.2, -0.15) is 0 Å². The lowest BCUT2D eigenvalue weighted by atomic mass is 9.79. The predicted octanol–water partition coefficient (Wildman–Crippen LogP) is 1.82. The van der Waals surface area contributed by atoms with Crippen molar-refractivity contribution in [1.82, 2.24) is 4.90 Å². The number of carbonyl (C=O) groups excluding carboxylic acids is 1. The summed E-state index contributed by atoms with van der Waals surface area (Å²) < 4.78 is 5.35. The first-order chi connectivity index (χ1) is 9.18. The SMILES string of the molecule is CN(Cc1ccccc1)C(=O)C1(CN)CCOCC1.Cl. The Kier molecular flexibility index (Phi) is 6.46. The molecule has 1 aliphatic heterocycles. The molecule has 0 radical (unpaired) electrons. The maximum absolute atomic E-state index is 12.6. The number of halogens is 1. The minimum atomic E-state index is -0.429. The Morgan fingerprint density at radius 3 is 2.45 bits per heavy atom. The summed E-state index contributed by atoms with van der Waals surface area (Å²) in [5.41, 5.74) is 6.58. The van der Waals surface area contributed by atoms with Gasteiger partial charge in [0, 0.05) is 33.4 Å². The van der Waals surface area contributed by atoms with Crippen molar-refractivity contribution in [3.05, 3.63) is 35.9 Å². The largest absolute Gasteiger partial charge is 0.381 e. The van der Waals surface area contributed by atoms with Crippen molar-refractivity contribution >= 4 is 18.3 Å². The lowest BCUT2D eigenvalue weighted by Gasteiger charge is -2.37. The number of carbonyl (C=O) groups is 1. The summed E-state index contributed by atoms with van der Waals surface area (Å²) in [7, 11) is 1.85. The maximum Gasteiger partial charge on any atom is 0.230 e.